The Morgan fingerprint density at radius 2 is 1.86 bits per heavy atom. The third-order valence-electron chi connectivity index (χ3n) is 3.26. The van der Waals surface area contributed by atoms with Crippen LogP contribution in [0.3, 0.4) is 0 Å². The van der Waals surface area contributed by atoms with Crippen LogP contribution in [0.2, 0.25) is 5.02 Å². The Morgan fingerprint density at radius 1 is 1.14 bits per heavy atom. The van der Waals surface area contributed by atoms with Gasteiger partial charge in [-0.25, -0.2) is 0 Å². The van der Waals surface area contributed by atoms with Gasteiger partial charge in [0.05, 0.1) is 18.2 Å². The fourth-order valence-corrected chi connectivity index (χ4v) is 2.31. The summed E-state index contributed by atoms with van der Waals surface area (Å²) < 4.78 is 11.1. The van der Waals surface area contributed by atoms with E-state index < -0.39 is 6.10 Å². The van der Waals surface area contributed by atoms with Crippen molar-refractivity contribution in [3.63, 3.8) is 0 Å². The number of aliphatic hydroxyl groups excluding tert-OH is 1. The molecule has 0 fully saturated rings. The van der Waals surface area contributed by atoms with Crippen molar-refractivity contribution >= 4 is 11.6 Å². The second kappa shape index (κ2) is 6.83. The number of ether oxygens (including phenoxy) is 2. The highest BCUT2D eigenvalue weighted by Crippen LogP contribution is 2.29. The second-order valence-electron chi connectivity index (χ2n) is 4.97. The standard InChI is InChI=1S/C17H19ClO3/c1-11-4-6-16(20-3)14(8-11)10-21-17-7-5-13(12(2)19)9-15(17)18/h4-9,12,19H,10H2,1-3H3/t12-/m1/s1. The molecular weight excluding hydrogens is 288 g/mol. The molecule has 0 aliphatic rings. The van der Waals surface area contributed by atoms with Crippen molar-refractivity contribution in [2.75, 3.05) is 7.11 Å². The molecule has 4 heteroatoms. The Hall–Kier alpha value is -1.71. The number of halogens is 1. The Labute approximate surface area is 130 Å². The summed E-state index contributed by atoms with van der Waals surface area (Å²) in [7, 11) is 1.64. The largest absolute Gasteiger partial charge is 0.496 e. The average Bonchev–Trinajstić information content (AvgIpc) is 2.46. The van der Waals surface area contributed by atoms with E-state index in [0.29, 0.717) is 17.4 Å². The monoisotopic (exact) mass is 306 g/mol. The maximum absolute atomic E-state index is 9.53. The van der Waals surface area contributed by atoms with Crippen molar-refractivity contribution in [2.24, 2.45) is 0 Å². The number of hydrogen-bond acceptors (Lipinski definition) is 3. The van der Waals surface area contributed by atoms with E-state index in [-0.39, 0.29) is 0 Å². The lowest BCUT2D eigenvalue weighted by atomic mass is 10.1. The highest BCUT2D eigenvalue weighted by atomic mass is 35.5. The zero-order valence-corrected chi connectivity index (χ0v) is 13.1. The molecule has 0 unspecified atom stereocenters. The SMILES string of the molecule is COc1ccc(C)cc1COc1ccc([C@@H](C)O)cc1Cl. The van der Waals surface area contributed by atoms with Crippen molar-refractivity contribution in [1.29, 1.82) is 0 Å². The molecule has 1 atom stereocenters. The molecule has 112 valence electrons. The summed E-state index contributed by atoms with van der Waals surface area (Å²) in [5, 5.41) is 10.0. The number of hydrogen-bond donors (Lipinski definition) is 1. The van der Waals surface area contributed by atoms with E-state index in [0.717, 1.165) is 22.4 Å². The average molecular weight is 307 g/mol. The fraction of sp³-hybridized carbons (Fsp3) is 0.294. The van der Waals surface area contributed by atoms with E-state index in [9.17, 15) is 5.11 Å². The summed E-state index contributed by atoms with van der Waals surface area (Å²) in [5.41, 5.74) is 2.87. The number of aliphatic hydroxyl groups is 1. The van der Waals surface area contributed by atoms with Crippen molar-refractivity contribution in [3.05, 3.63) is 58.1 Å². The number of aryl methyl sites for hydroxylation is 1. The molecule has 0 saturated carbocycles. The van der Waals surface area contributed by atoms with E-state index in [2.05, 4.69) is 0 Å². The van der Waals surface area contributed by atoms with Gasteiger partial charge in [-0.1, -0.05) is 29.3 Å². The molecule has 2 rings (SSSR count). The summed E-state index contributed by atoms with van der Waals surface area (Å²) in [6.45, 7) is 4.09. The molecule has 0 radical (unpaired) electrons. The Kier molecular flexibility index (Phi) is 5.10. The first kappa shape index (κ1) is 15.7. The van der Waals surface area contributed by atoms with Crippen LogP contribution in [-0.4, -0.2) is 12.2 Å². The molecule has 0 aliphatic carbocycles. The molecule has 0 spiro atoms. The first-order chi connectivity index (χ1) is 10.0. The molecule has 3 nitrogen and oxygen atoms in total. The van der Waals surface area contributed by atoms with Crippen LogP contribution in [0.4, 0.5) is 0 Å². The third kappa shape index (κ3) is 3.90. The minimum Gasteiger partial charge on any atom is -0.496 e. The quantitative estimate of drug-likeness (QED) is 0.895. The molecule has 0 aliphatic heterocycles. The molecule has 2 aromatic rings. The van der Waals surface area contributed by atoms with Crippen molar-refractivity contribution < 1.29 is 14.6 Å². The first-order valence-corrected chi connectivity index (χ1v) is 7.13. The minimum absolute atomic E-state index is 0.374. The smallest absolute Gasteiger partial charge is 0.138 e. The van der Waals surface area contributed by atoms with Gasteiger partial charge in [0.25, 0.3) is 0 Å². The highest BCUT2D eigenvalue weighted by molar-refractivity contribution is 6.32. The summed E-state index contributed by atoms with van der Waals surface area (Å²) in [5.74, 6) is 1.38. The van der Waals surface area contributed by atoms with Gasteiger partial charge in [-0.05, 0) is 43.7 Å². The molecule has 0 saturated heterocycles. The molecule has 0 aromatic heterocycles. The van der Waals surface area contributed by atoms with Crippen LogP contribution >= 0.6 is 11.6 Å². The number of benzene rings is 2. The molecule has 1 N–H and O–H groups in total. The van der Waals surface area contributed by atoms with Gasteiger partial charge in [-0.15, -0.1) is 0 Å². The molecule has 0 bridgehead atoms. The Morgan fingerprint density at radius 3 is 2.48 bits per heavy atom. The van der Waals surface area contributed by atoms with Crippen molar-refractivity contribution in [3.8, 4) is 11.5 Å². The summed E-state index contributed by atoms with van der Waals surface area (Å²) in [6.07, 6.45) is -0.548. The molecule has 2 aromatic carbocycles. The first-order valence-electron chi connectivity index (χ1n) is 6.75. The van der Waals surface area contributed by atoms with Crippen LogP contribution in [0.25, 0.3) is 0 Å². The molecular formula is C17H19ClO3. The topological polar surface area (TPSA) is 38.7 Å². The van der Waals surface area contributed by atoms with Gasteiger partial charge < -0.3 is 14.6 Å². The third-order valence-corrected chi connectivity index (χ3v) is 3.55. The fourth-order valence-electron chi connectivity index (χ4n) is 2.07. The van der Waals surface area contributed by atoms with E-state index in [1.54, 1.807) is 32.2 Å². The van der Waals surface area contributed by atoms with E-state index >= 15 is 0 Å². The minimum atomic E-state index is -0.548. The summed E-state index contributed by atoms with van der Waals surface area (Å²) >= 11 is 6.18. The lowest BCUT2D eigenvalue weighted by Crippen LogP contribution is -2.00. The van der Waals surface area contributed by atoms with Crippen LogP contribution in [0.15, 0.2) is 36.4 Å². The zero-order chi connectivity index (χ0) is 15.4. The van der Waals surface area contributed by atoms with Crippen molar-refractivity contribution in [1.82, 2.24) is 0 Å². The van der Waals surface area contributed by atoms with Gasteiger partial charge in [-0.3, -0.25) is 0 Å². The highest BCUT2D eigenvalue weighted by Gasteiger charge is 2.09. The van der Waals surface area contributed by atoms with Gasteiger partial charge in [0.15, 0.2) is 0 Å². The normalized spacial score (nSPS) is 12.0. The van der Waals surface area contributed by atoms with Gasteiger partial charge in [0.1, 0.15) is 18.1 Å². The summed E-state index contributed by atoms with van der Waals surface area (Å²) in [4.78, 5) is 0. The van der Waals surface area contributed by atoms with Crippen LogP contribution in [0.1, 0.15) is 29.7 Å². The van der Waals surface area contributed by atoms with Gasteiger partial charge in [0.2, 0.25) is 0 Å². The second-order valence-corrected chi connectivity index (χ2v) is 5.38. The van der Waals surface area contributed by atoms with Gasteiger partial charge in [-0.2, -0.15) is 0 Å². The lowest BCUT2D eigenvalue weighted by molar-refractivity contribution is 0.199. The van der Waals surface area contributed by atoms with Crippen LogP contribution in [-0.2, 0) is 6.61 Å². The molecule has 21 heavy (non-hydrogen) atoms. The van der Waals surface area contributed by atoms with E-state index in [1.165, 1.54) is 0 Å². The number of rotatable bonds is 5. The number of methoxy groups -OCH3 is 1. The maximum Gasteiger partial charge on any atom is 0.138 e. The maximum atomic E-state index is 9.53. The van der Waals surface area contributed by atoms with Gasteiger partial charge >= 0.3 is 0 Å². The summed E-state index contributed by atoms with van der Waals surface area (Å²) in [6, 6.07) is 11.2. The lowest BCUT2D eigenvalue weighted by Gasteiger charge is -2.13. The predicted octanol–water partition coefficient (Wildman–Crippen LogP) is 4.29. The Bertz CT molecular complexity index is 623. The van der Waals surface area contributed by atoms with E-state index in [1.807, 2.05) is 25.1 Å². The van der Waals surface area contributed by atoms with Crippen LogP contribution < -0.4 is 9.47 Å². The predicted molar refractivity (Wildman–Crippen MR) is 84.1 cm³/mol. The molecule has 0 heterocycles. The van der Waals surface area contributed by atoms with Crippen LogP contribution in [0, 0.1) is 6.92 Å². The van der Waals surface area contributed by atoms with Gasteiger partial charge in [0, 0.05) is 5.56 Å². The van der Waals surface area contributed by atoms with Crippen LogP contribution in [0.5, 0.6) is 11.5 Å². The zero-order valence-electron chi connectivity index (χ0n) is 12.4. The van der Waals surface area contributed by atoms with E-state index in [4.69, 9.17) is 21.1 Å². The molecule has 0 amide bonds. The Balaban J connectivity index is 2.15. The van der Waals surface area contributed by atoms with Crippen molar-refractivity contribution in [2.45, 2.75) is 26.6 Å².